The van der Waals surface area contributed by atoms with Crippen molar-refractivity contribution in [3.8, 4) is 0 Å². The summed E-state index contributed by atoms with van der Waals surface area (Å²) < 4.78 is 26.2. The van der Waals surface area contributed by atoms with Gasteiger partial charge in [-0.25, -0.2) is 13.1 Å². The fourth-order valence-electron chi connectivity index (χ4n) is 2.43. The zero-order valence-electron chi connectivity index (χ0n) is 15.3. The van der Waals surface area contributed by atoms with Gasteiger partial charge in [-0.2, -0.15) is 0 Å². The van der Waals surface area contributed by atoms with Crippen LogP contribution in [0.3, 0.4) is 0 Å². The van der Waals surface area contributed by atoms with Gasteiger partial charge in [-0.15, -0.1) is 0 Å². The predicted octanol–water partition coefficient (Wildman–Crippen LogP) is 2.51. The Bertz CT molecular complexity index is 892. The molecule has 2 aromatic carbocycles. The number of hydrogen-bond acceptors (Lipinski definition) is 4. The van der Waals surface area contributed by atoms with E-state index in [1.165, 1.54) is 19.1 Å². The lowest BCUT2D eigenvalue weighted by molar-refractivity contribution is -0.116. The first-order valence-electron chi connectivity index (χ1n) is 8.56. The molecule has 0 aliphatic heterocycles. The van der Waals surface area contributed by atoms with Crippen LogP contribution in [-0.4, -0.2) is 26.8 Å². The number of carbonyl (C=O) groups is 2. The number of hydrogen-bond donors (Lipinski definition) is 3. The molecule has 0 fully saturated rings. The highest BCUT2D eigenvalue weighted by molar-refractivity contribution is 7.89. The van der Waals surface area contributed by atoms with Crippen LogP contribution in [0, 0.1) is 0 Å². The van der Waals surface area contributed by atoms with Crippen molar-refractivity contribution in [1.82, 2.24) is 4.72 Å². The molecular formula is C19H23N3O4S. The van der Waals surface area contributed by atoms with E-state index in [2.05, 4.69) is 15.4 Å². The number of rotatable bonds is 8. The molecule has 0 saturated carbocycles. The molecule has 0 bridgehead atoms. The van der Waals surface area contributed by atoms with E-state index < -0.39 is 10.0 Å². The minimum Gasteiger partial charge on any atom is -0.326 e. The predicted molar refractivity (Wildman–Crippen MR) is 105 cm³/mol. The number of sulfonamides is 1. The van der Waals surface area contributed by atoms with Crippen molar-refractivity contribution in [2.24, 2.45) is 0 Å². The molecule has 0 unspecified atom stereocenters. The Balaban J connectivity index is 1.87. The van der Waals surface area contributed by atoms with E-state index in [0.29, 0.717) is 24.3 Å². The van der Waals surface area contributed by atoms with Crippen LogP contribution in [0.5, 0.6) is 0 Å². The second kappa shape index (κ2) is 9.29. The molecule has 2 amide bonds. The zero-order valence-corrected chi connectivity index (χ0v) is 16.1. The average molecular weight is 389 g/mol. The lowest BCUT2D eigenvalue weighted by Crippen LogP contribution is -2.23. The van der Waals surface area contributed by atoms with Crippen molar-refractivity contribution in [2.45, 2.75) is 31.6 Å². The second-order valence-corrected chi connectivity index (χ2v) is 7.72. The van der Waals surface area contributed by atoms with Gasteiger partial charge in [0, 0.05) is 31.3 Å². The summed E-state index contributed by atoms with van der Waals surface area (Å²) in [4.78, 5) is 23.3. The Kier molecular flexibility index (Phi) is 7.09. The van der Waals surface area contributed by atoms with Crippen LogP contribution in [-0.2, 0) is 26.0 Å². The lowest BCUT2D eigenvalue weighted by Gasteiger charge is -2.08. The lowest BCUT2D eigenvalue weighted by atomic mass is 10.1. The van der Waals surface area contributed by atoms with Crippen LogP contribution < -0.4 is 15.4 Å². The summed E-state index contributed by atoms with van der Waals surface area (Å²) >= 11 is 0. The SMILES string of the molecule is CCNS(=O)(=O)c1ccc(CCC(=O)Nc2ccc(NC(C)=O)cc2)cc1. The molecule has 0 radical (unpaired) electrons. The van der Waals surface area contributed by atoms with Gasteiger partial charge in [-0.05, 0) is 48.4 Å². The third-order valence-corrected chi connectivity index (χ3v) is 5.26. The Morgan fingerprint density at radius 1 is 0.889 bits per heavy atom. The molecular weight excluding hydrogens is 366 g/mol. The van der Waals surface area contributed by atoms with Crippen LogP contribution in [0.1, 0.15) is 25.8 Å². The van der Waals surface area contributed by atoms with E-state index in [1.807, 2.05) is 0 Å². The number of benzene rings is 2. The molecule has 0 aromatic heterocycles. The van der Waals surface area contributed by atoms with Crippen molar-refractivity contribution >= 4 is 33.2 Å². The van der Waals surface area contributed by atoms with Gasteiger partial charge in [-0.3, -0.25) is 9.59 Å². The smallest absolute Gasteiger partial charge is 0.240 e. The molecule has 27 heavy (non-hydrogen) atoms. The van der Waals surface area contributed by atoms with Crippen molar-refractivity contribution in [2.75, 3.05) is 17.2 Å². The molecule has 2 rings (SSSR count). The largest absolute Gasteiger partial charge is 0.326 e. The maximum Gasteiger partial charge on any atom is 0.240 e. The Hall–Kier alpha value is -2.71. The molecule has 0 spiro atoms. The quantitative estimate of drug-likeness (QED) is 0.645. The minimum atomic E-state index is -3.47. The van der Waals surface area contributed by atoms with Gasteiger partial charge in [0.05, 0.1) is 4.90 Å². The molecule has 144 valence electrons. The van der Waals surface area contributed by atoms with Gasteiger partial charge in [-0.1, -0.05) is 19.1 Å². The summed E-state index contributed by atoms with van der Waals surface area (Å²) in [6.45, 7) is 3.48. The van der Waals surface area contributed by atoms with E-state index in [1.54, 1.807) is 43.3 Å². The molecule has 2 aromatic rings. The third kappa shape index (κ3) is 6.50. The van der Waals surface area contributed by atoms with Gasteiger partial charge in [0.2, 0.25) is 21.8 Å². The van der Waals surface area contributed by atoms with Crippen molar-refractivity contribution < 1.29 is 18.0 Å². The average Bonchev–Trinajstić information content (AvgIpc) is 2.61. The van der Waals surface area contributed by atoms with Gasteiger partial charge in [0.15, 0.2) is 0 Å². The van der Waals surface area contributed by atoms with Crippen molar-refractivity contribution in [1.29, 1.82) is 0 Å². The summed E-state index contributed by atoms with van der Waals surface area (Å²) in [5, 5.41) is 5.44. The molecule has 7 nitrogen and oxygen atoms in total. The van der Waals surface area contributed by atoms with E-state index in [0.717, 1.165) is 5.56 Å². The third-order valence-electron chi connectivity index (χ3n) is 3.70. The van der Waals surface area contributed by atoms with Crippen LogP contribution in [0.4, 0.5) is 11.4 Å². The second-order valence-electron chi connectivity index (χ2n) is 5.95. The van der Waals surface area contributed by atoms with Crippen LogP contribution in [0.15, 0.2) is 53.4 Å². The maximum atomic E-state index is 12.1. The number of anilines is 2. The van der Waals surface area contributed by atoms with Crippen molar-refractivity contribution in [3.05, 3.63) is 54.1 Å². The summed E-state index contributed by atoms with van der Waals surface area (Å²) in [7, 11) is -3.47. The van der Waals surface area contributed by atoms with Crippen LogP contribution in [0.2, 0.25) is 0 Å². The van der Waals surface area contributed by atoms with E-state index in [9.17, 15) is 18.0 Å². The van der Waals surface area contributed by atoms with Gasteiger partial charge in [0.1, 0.15) is 0 Å². The first kappa shape index (κ1) is 20.6. The molecule has 0 heterocycles. The first-order chi connectivity index (χ1) is 12.8. The minimum absolute atomic E-state index is 0.147. The zero-order chi connectivity index (χ0) is 19.9. The number of amides is 2. The fourth-order valence-corrected chi connectivity index (χ4v) is 3.47. The highest BCUT2D eigenvalue weighted by Crippen LogP contribution is 2.15. The van der Waals surface area contributed by atoms with Crippen LogP contribution >= 0.6 is 0 Å². The maximum absolute atomic E-state index is 12.1. The fraction of sp³-hybridized carbons (Fsp3) is 0.263. The first-order valence-corrected chi connectivity index (χ1v) is 10.0. The van der Waals surface area contributed by atoms with E-state index in [4.69, 9.17) is 0 Å². The highest BCUT2D eigenvalue weighted by atomic mass is 32.2. The van der Waals surface area contributed by atoms with Gasteiger partial charge < -0.3 is 10.6 Å². The van der Waals surface area contributed by atoms with Crippen LogP contribution in [0.25, 0.3) is 0 Å². The molecule has 0 aliphatic rings. The van der Waals surface area contributed by atoms with Crippen molar-refractivity contribution in [3.63, 3.8) is 0 Å². The summed E-state index contributed by atoms with van der Waals surface area (Å²) in [5.74, 6) is -0.303. The number of nitrogens with one attached hydrogen (secondary N) is 3. The van der Waals surface area contributed by atoms with E-state index >= 15 is 0 Å². The van der Waals surface area contributed by atoms with Gasteiger partial charge >= 0.3 is 0 Å². The topological polar surface area (TPSA) is 104 Å². The van der Waals surface area contributed by atoms with Gasteiger partial charge in [0.25, 0.3) is 0 Å². The summed E-state index contributed by atoms with van der Waals surface area (Å²) in [6, 6.07) is 13.3. The normalized spacial score (nSPS) is 11.0. The Morgan fingerprint density at radius 2 is 1.44 bits per heavy atom. The summed E-state index contributed by atoms with van der Waals surface area (Å²) in [6.07, 6.45) is 0.768. The standard InChI is InChI=1S/C19H23N3O4S/c1-3-20-27(25,26)18-11-4-15(5-12-18)6-13-19(24)22-17-9-7-16(8-10-17)21-14(2)23/h4-5,7-12,20H,3,6,13H2,1-2H3,(H,21,23)(H,22,24). The molecule has 0 saturated heterocycles. The molecule has 0 aliphatic carbocycles. The highest BCUT2D eigenvalue weighted by Gasteiger charge is 2.12. The monoisotopic (exact) mass is 389 g/mol. The Labute approximate surface area is 159 Å². The molecule has 0 atom stereocenters. The number of aryl methyl sites for hydroxylation is 1. The Morgan fingerprint density at radius 3 is 1.96 bits per heavy atom. The molecule has 3 N–H and O–H groups in total. The number of carbonyl (C=O) groups excluding carboxylic acids is 2. The van der Waals surface area contributed by atoms with E-state index in [-0.39, 0.29) is 23.1 Å². The summed E-state index contributed by atoms with van der Waals surface area (Å²) in [5.41, 5.74) is 2.18. The molecule has 8 heteroatoms.